The van der Waals surface area contributed by atoms with Crippen LogP contribution in [0.4, 0.5) is 0 Å². The Hall–Kier alpha value is -1.61. The van der Waals surface area contributed by atoms with Crippen molar-refractivity contribution in [2.75, 3.05) is 13.1 Å². The third-order valence-corrected chi connectivity index (χ3v) is 3.82. The van der Waals surface area contributed by atoms with Crippen LogP contribution in [0.25, 0.3) is 5.69 Å². The summed E-state index contributed by atoms with van der Waals surface area (Å²) in [6.45, 7) is 5.72. The van der Waals surface area contributed by atoms with Crippen LogP contribution in [-0.2, 0) is 6.54 Å². The van der Waals surface area contributed by atoms with Gasteiger partial charge in [0.2, 0.25) is 0 Å². The van der Waals surface area contributed by atoms with Crippen LogP contribution in [-0.4, -0.2) is 27.8 Å². The molecule has 1 heterocycles. The summed E-state index contributed by atoms with van der Waals surface area (Å²) in [4.78, 5) is 2.57. The standard InChI is InChI=1S/C17H23N3/c1-2-10-19(12-15-8-9-15)13-16-11-18-20(14-16)17-6-4-3-5-7-17/h3-7,11,14-15H,2,8-10,12-13H2,1H3. The molecule has 3 heteroatoms. The Morgan fingerprint density at radius 2 is 2.05 bits per heavy atom. The number of hydrogen-bond donors (Lipinski definition) is 0. The smallest absolute Gasteiger partial charge is 0.0645 e. The van der Waals surface area contributed by atoms with Gasteiger partial charge in [-0.1, -0.05) is 25.1 Å². The second kappa shape index (κ2) is 6.23. The van der Waals surface area contributed by atoms with E-state index >= 15 is 0 Å². The van der Waals surface area contributed by atoms with Gasteiger partial charge in [0.25, 0.3) is 0 Å². The molecule has 0 spiro atoms. The minimum absolute atomic E-state index is 0.950. The Morgan fingerprint density at radius 1 is 1.25 bits per heavy atom. The van der Waals surface area contributed by atoms with Gasteiger partial charge in [-0.3, -0.25) is 4.90 Å². The molecule has 0 N–H and O–H groups in total. The Balaban J connectivity index is 1.66. The van der Waals surface area contributed by atoms with Crippen molar-refractivity contribution < 1.29 is 0 Å². The number of hydrogen-bond acceptors (Lipinski definition) is 2. The first-order valence-corrected chi connectivity index (χ1v) is 7.66. The van der Waals surface area contributed by atoms with Crippen LogP contribution in [0, 0.1) is 5.92 Å². The van der Waals surface area contributed by atoms with Crippen LogP contribution in [0.1, 0.15) is 31.7 Å². The Labute approximate surface area is 121 Å². The molecule has 2 aromatic rings. The van der Waals surface area contributed by atoms with Crippen LogP contribution in [0.3, 0.4) is 0 Å². The second-order valence-electron chi connectivity index (χ2n) is 5.81. The van der Waals surface area contributed by atoms with Gasteiger partial charge in [0.05, 0.1) is 11.9 Å². The van der Waals surface area contributed by atoms with Gasteiger partial charge in [0.15, 0.2) is 0 Å². The maximum absolute atomic E-state index is 4.48. The maximum atomic E-state index is 4.48. The highest BCUT2D eigenvalue weighted by Gasteiger charge is 2.24. The van der Waals surface area contributed by atoms with E-state index in [0.29, 0.717) is 0 Å². The summed E-state index contributed by atoms with van der Waals surface area (Å²) in [7, 11) is 0. The highest BCUT2D eigenvalue weighted by atomic mass is 15.3. The number of para-hydroxylation sites is 1. The molecule has 1 saturated carbocycles. The third kappa shape index (κ3) is 3.48. The van der Waals surface area contributed by atoms with Gasteiger partial charge in [0.1, 0.15) is 0 Å². The normalized spacial score (nSPS) is 14.9. The SMILES string of the molecule is CCCN(Cc1cnn(-c2ccccc2)c1)CC1CC1. The molecule has 0 saturated heterocycles. The van der Waals surface area contributed by atoms with Crippen molar-refractivity contribution in [2.24, 2.45) is 5.92 Å². The van der Waals surface area contributed by atoms with E-state index < -0.39 is 0 Å². The largest absolute Gasteiger partial charge is 0.299 e. The monoisotopic (exact) mass is 269 g/mol. The minimum Gasteiger partial charge on any atom is -0.299 e. The fourth-order valence-electron chi connectivity index (χ4n) is 2.64. The Kier molecular flexibility index (Phi) is 4.16. The summed E-state index contributed by atoms with van der Waals surface area (Å²) in [6.07, 6.45) is 8.22. The van der Waals surface area contributed by atoms with E-state index in [1.54, 1.807) is 0 Å². The first-order chi connectivity index (χ1) is 9.85. The highest BCUT2D eigenvalue weighted by molar-refractivity contribution is 5.30. The molecule has 1 aromatic heterocycles. The van der Waals surface area contributed by atoms with Crippen molar-refractivity contribution in [3.8, 4) is 5.69 Å². The lowest BCUT2D eigenvalue weighted by atomic mass is 10.2. The molecule has 0 aliphatic heterocycles. The summed E-state index contributed by atoms with van der Waals surface area (Å²) in [5.74, 6) is 0.950. The molecule has 3 rings (SSSR count). The van der Waals surface area contributed by atoms with Crippen molar-refractivity contribution in [3.05, 3.63) is 48.3 Å². The van der Waals surface area contributed by atoms with Crippen LogP contribution in [0.2, 0.25) is 0 Å². The predicted molar refractivity (Wildman–Crippen MR) is 81.9 cm³/mol. The van der Waals surface area contributed by atoms with Gasteiger partial charge in [-0.05, 0) is 43.9 Å². The summed E-state index contributed by atoms with van der Waals surface area (Å²) < 4.78 is 1.97. The number of benzene rings is 1. The van der Waals surface area contributed by atoms with E-state index in [2.05, 4.69) is 35.3 Å². The van der Waals surface area contributed by atoms with Gasteiger partial charge >= 0.3 is 0 Å². The Bertz CT molecular complexity index is 528. The molecule has 0 radical (unpaired) electrons. The predicted octanol–water partition coefficient (Wildman–Crippen LogP) is 3.49. The van der Waals surface area contributed by atoms with Crippen molar-refractivity contribution in [1.82, 2.24) is 14.7 Å². The van der Waals surface area contributed by atoms with Gasteiger partial charge in [0, 0.05) is 24.8 Å². The van der Waals surface area contributed by atoms with Crippen molar-refractivity contribution in [3.63, 3.8) is 0 Å². The second-order valence-corrected chi connectivity index (χ2v) is 5.81. The topological polar surface area (TPSA) is 21.1 Å². The molecule has 1 aliphatic carbocycles. The molecule has 0 atom stereocenters. The zero-order valence-corrected chi connectivity index (χ0v) is 12.2. The maximum Gasteiger partial charge on any atom is 0.0645 e. The molecule has 1 fully saturated rings. The van der Waals surface area contributed by atoms with E-state index in [-0.39, 0.29) is 0 Å². The summed E-state index contributed by atoms with van der Waals surface area (Å²) in [5, 5.41) is 4.48. The summed E-state index contributed by atoms with van der Waals surface area (Å²) in [5.41, 5.74) is 2.44. The number of aromatic nitrogens is 2. The van der Waals surface area contributed by atoms with E-state index in [9.17, 15) is 0 Å². The molecule has 0 bridgehead atoms. The molecule has 0 unspecified atom stereocenters. The Morgan fingerprint density at radius 3 is 2.75 bits per heavy atom. The summed E-state index contributed by atoms with van der Waals surface area (Å²) >= 11 is 0. The minimum atomic E-state index is 0.950. The van der Waals surface area contributed by atoms with Gasteiger partial charge < -0.3 is 0 Å². The lowest BCUT2D eigenvalue weighted by Gasteiger charge is -2.20. The van der Waals surface area contributed by atoms with Crippen LogP contribution >= 0.6 is 0 Å². The van der Waals surface area contributed by atoms with Crippen molar-refractivity contribution in [2.45, 2.75) is 32.7 Å². The van der Waals surface area contributed by atoms with Crippen LogP contribution < -0.4 is 0 Å². The highest BCUT2D eigenvalue weighted by Crippen LogP contribution is 2.30. The van der Waals surface area contributed by atoms with Gasteiger partial charge in [-0.2, -0.15) is 5.10 Å². The summed E-state index contributed by atoms with van der Waals surface area (Å²) in [6, 6.07) is 10.3. The van der Waals surface area contributed by atoms with Crippen molar-refractivity contribution in [1.29, 1.82) is 0 Å². The van der Waals surface area contributed by atoms with E-state index in [4.69, 9.17) is 0 Å². The zero-order valence-electron chi connectivity index (χ0n) is 12.2. The molecule has 1 aromatic carbocycles. The quantitative estimate of drug-likeness (QED) is 0.767. The van der Waals surface area contributed by atoms with Crippen LogP contribution in [0.5, 0.6) is 0 Å². The van der Waals surface area contributed by atoms with E-state index in [1.165, 1.54) is 37.9 Å². The molecule has 1 aliphatic rings. The molecular weight excluding hydrogens is 246 g/mol. The number of nitrogens with zero attached hydrogens (tertiary/aromatic N) is 3. The van der Waals surface area contributed by atoms with Crippen molar-refractivity contribution >= 4 is 0 Å². The zero-order chi connectivity index (χ0) is 13.8. The lowest BCUT2D eigenvalue weighted by molar-refractivity contribution is 0.255. The fourth-order valence-corrected chi connectivity index (χ4v) is 2.64. The molecule has 106 valence electrons. The van der Waals surface area contributed by atoms with Gasteiger partial charge in [-0.25, -0.2) is 4.68 Å². The van der Waals surface area contributed by atoms with E-state index in [1.807, 2.05) is 29.1 Å². The van der Waals surface area contributed by atoms with Gasteiger partial charge in [-0.15, -0.1) is 0 Å². The molecule has 0 amide bonds. The fraction of sp³-hybridized carbons (Fsp3) is 0.471. The first kappa shape index (κ1) is 13.4. The first-order valence-electron chi connectivity index (χ1n) is 7.66. The third-order valence-electron chi connectivity index (χ3n) is 3.82. The van der Waals surface area contributed by atoms with Crippen LogP contribution in [0.15, 0.2) is 42.7 Å². The molecule has 20 heavy (non-hydrogen) atoms. The van der Waals surface area contributed by atoms with E-state index in [0.717, 1.165) is 18.2 Å². The average Bonchev–Trinajstić information content (AvgIpc) is 3.16. The lowest BCUT2D eigenvalue weighted by Crippen LogP contribution is -2.26. The average molecular weight is 269 g/mol. The molecular formula is C17H23N3. The molecule has 3 nitrogen and oxygen atoms in total. The number of rotatable bonds is 7.